The number of nitrogens with two attached hydrogens (primary N) is 1. The van der Waals surface area contributed by atoms with E-state index in [2.05, 4.69) is 0 Å². The van der Waals surface area contributed by atoms with Gasteiger partial charge in [-0.25, -0.2) is 0 Å². The average molecular weight is 315 g/mol. The summed E-state index contributed by atoms with van der Waals surface area (Å²) in [6.07, 6.45) is 0. The summed E-state index contributed by atoms with van der Waals surface area (Å²) in [7, 11) is 0. The quantitative estimate of drug-likeness (QED) is 0.509. The zero-order valence-electron chi connectivity index (χ0n) is 9.47. The molecule has 0 amide bonds. The first-order valence-corrected chi connectivity index (χ1v) is 6.71. The highest BCUT2D eigenvalue weighted by Gasteiger charge is 2.16. The van der Waals surface area contributed by atoms with Gasteiger partial charge in [0.2, 0.25) is 0 Å². The smallest absolute Gasteiger partial charge is 0.284 e. The molecule has 0 aromatic heterocycles. The van der Waals surface area contributed by atoms with Crippen molar-refractivity contribution in [2.75, 3.05) is 5.73 Å². The number of hydrogen-bond donors (Lipinski definition) is 1. The minimum absolute atomic E-state index is 0.0492. The number of rotatable bonds is 3. The number of nitro groups is 1. The molecular formula is C12H8Cl2N2O2S. The number of nitrogens with zero attached hydrogens (tertiary/aromatic N) is 1. The molecule has 0 unspecified atom stereocenters. The van der Waals surface area contributed by atoms with Gasteiger partial charge in [0.1, 0.15) is 0 Å². The van der Waals surface area contributed by atoms with Crippen molar-refractivity contribution in [2.24, 2.45) is 0 Å². The van der Waals surface area contributed by atoms with E-state index in [0.29, 0.717) is 25.5 Å². The standard InChI is InChI=1S/C12H8Cl2N2O2S/c13-7-1-3-11(9(15)5-7)19-12-4-2-8(14)6-10(12)16(17)18/h1-6H,15H2. The van der Waals surface area contributed by atoms with Crippen molar-refractivity contribution in [3.63, 3.8) is 0 Å². The number of benzene rings is 2. The highest BCUT2D eigenvalue weighted by atomic mass is 35.5. The molecule has 0 saturated heterocycles. The molecule has 0 bridgehead atoms. The molecule has 0 saturated carbocycles. The summed E-state index contributed by atoms with van der Waals surface area (Å²) >= 11 is 12.8. The van der Waals surface area contributed by atoms with E-state index in [1.807, 2.05) is 0 Å². The maximum atomic E-state index is 11.0. The second-order valence-electron chi connectivity index (χ2n) is 3.65. The summed E-state index contributed by atoms with van der Waals surface area (Å²) in [5, 5.41) is 11.8. The van der Waals surface area contributed by atoms with Crippen LogP contribution in [0.5, 0.6) is 0 Å². The summed E-state index contributed by atoms with van der Waals surface area (Å²) in [6.45, 7) is 0. The number of nitro benzene ring substituents is 1. The van der Waals surface area contributed by atoms with Gasteiger partial charge in [-0.2, -0.15) is 0 Å². The Hall–Kier alpha value is -1.43. The van der Waals surface area contributed by atoms with Crippen molar-refractivity contribution >= 4 is 46.3 Å². The van der Waals surface area contributed by atoms with Crippen molar-refractivity contribution in [1.29, 1.82) is 0 Å². The van der Waals surface area contributed by atoms with Crippen molar-refractivity contribution < 1.29 is 4.92 Å². The SMILES string of the molecule is Nc1cc(Cl)ccc1Sc1ccc(Cl)cc1[N+](=O)[O-]. The lowest BCUT2D eigenvalue weighted by atomic mass is 10.3. The molecule has 0 heterocycles. The zero-order valence-corrected chi connectivity index (χ0v) is 11.8. The molecular weight excluding hydrogens is 307 g/mol. The molecule has 2 rings (SSSR count). The minimum atomic E-state index is -0.472. The van der Waals surface area contributed by atoms with E-state index in [1.165, 1.54) is 17.8 Å². The van der Waals surface area contributed by atoms with Gasteiger partial charge in [0.25, 0.3) is 5.69 Å². The first kappa shape index (κ1) is 14.0. The first-order chi connectivity index (χ1) is 8.97. The van der Waals surface area contributed by atoms with Gasteiger partial charge in [-0.05, 0) is 30.3 Å². The van der Waals surface area contributed by atoms with Crippen LogP contribution in [-0.4, -0.2) is 4.92 Å². The summed E-state index contributed by atoms with van der Waals surface area (Å²) in [6, 6.07) is 9.52. The normalized spacial score (nSPS) is 10.4. The van der Waals surface area contributed by atoms with E-state index < -0.39 is 4.92 Å². The highest BCUT2D eigenvalue weighted by Crippen LogP contribution is 2.39. The van der Waals surface area contributed by atoms with Crippen LogP contribution in [0, 0.1) is 10.1 Å². The molecule has 98 valence electrons. The number of hydrogen-bond acceptors (Lipinski definition) is 4. The lowest BCUT2D eigenvalue weighted by Crippen LogP contribution is -1.92. The Kier molecular flexibility index (Phi) is 4.19. The van der Waals surface area contributed by atoms with Crippen molar-refractivity contribution in [3.8, 4) is 0 Å². The van der Waals surface area contributed by atoms with Gasteiger partial charge in [0.15, 0.2) is 0 Å². The summed E-state index contributed by atoms with van der Waals surface area (Å²) < 4.78 is 0. The molecule has 0 aliphatic carbocycles. The molecule has 19 heavy (non-hydrogen) atoms. The van der Waals surface area contributed by atoms with Crippen LogP contribution < -0.4 is 5.73 Å². The predicted octanol–water partition coefficient (Wildman–Crippen LogP) is 4.64. The third-order valence-corrected chi connectivity index (χ3v) is 3.94. The molecule has 0 radical (unpaired) electrons. The van der Waals surface area contributed by atoms with E-state index >= 15 is 0 Å². The van der Waals surface area contributed by atoms with Crippen LogP contribution in [0.15, 0.2) is 46.2 Å². The Morgan fingerprint density at radius 2 is 1.63 bits per heavy atom. The van der Waals surface area contributed by atoms with E-state index in [0.717, 1.165) is 0 Å². The summed E-state index contributed by atoms with van der Waals surface area (Å²) in [5.41, 5.74) is 6.25. The molecule has 7 heteroatoms. The van der Waals surface area contributed by atoms with Gasteiger partial charge in [-0.15, -0.1) is 0 Å². The Labute approximate surface area is 123 Å². The van der Waals surface area contributed by atoms with Crippen LogP contribution in [0.25, 0.3) is 0 Å². The van der Waals surface area contributed by atoms with Gasteiger partial charge in [0, 0.05) is 26.7 Å². The predicted molar refractivity (Wildman–Crippen MR) is 78.1 cm³/mol. The average Bonchev–Trinajstić information content (AvgIpc) is 2.34. The number of nitrogen functional groups attached to an aromatic ring is 1. The molecule has 0 spiro atoms. The van der Waals surface area contributed by atoms with Crippen molar-refractivity contribution in [1.82, 2.24) is 0 Å². The Bertz CT molecular complexity index is 650. The van der Waals surface area contributed by atoms with E-state index in [-0.39, 0.29) is 5.69 Å². The van der Waals surface area contributed by atoms with Crippen molar-refractivity contribution in [2.45, 2.75) is 9.79 Å². The van der Waals surface area contributed by atoms with Crippen LogP contribution in [0.3, 0.4) is 0 Å². The molecule has 0 aliphatic rings. The number of anilines is 1. The van der Waals surface area contributed by atoms with E-state index in [1.54, 1.807) is 30.3 Å². The van der Waals surface area contributed by atoms with E-state index in [4.69, 9.17) is 28.9 Å². The summed E-state index contributed by atoms with van der Waals surface area (Å²) in [4.78, 5) is 11.7. The van der Waals surface area contributed by atoms with Crippen LogP contribution in [0.4, 0.5) is 11.4 Å². The van der Waals surface area contributed by atoms with Crippen LogP contribution in [0.2, 0.25) is 10.0 Å². The fourth-order valence-corrected chi connectivity index (χ4v) is 2.72. The Morgan fingerprint density at radius 3 is 2.21 bits per heavy atom. The Morgan fingerprint density at radius 1 is 1.05 bits per heavy atom. The van der Waals surface area contributed by atoms with Crippen LogP contribution in [0.1, 0.15) is 0 Å². The fraction of sp³-hybridized carbons (Fsp3) is 0. The monoisotopic (exact) mass is 314 g/mol. The van der Waals surface area contributed by atoms with Gasteiger partial charge in [0.05, 0.1) is 9.82 Å². The van der Waals surface area contributed by atoms with Gasteiger partial charge < -0.3 is 5.73 Å². The molecule has 0 fully saturated rings. The lowest BCUT2D eigenvalue weighted by molar-refractivity contribution is -0.387. The molecule has 2 N–H and O–H groups in total. The second-order valence-corrected chi connectivity index (χ2v) is 5.61. The second kappa shape index (κ2) is 5.69. The maximum absolute atomic E-state index is 11.0. The molecule has 2 aromatic rings. The first-order valence-electron chi connectivity index (χ1n) is 5.14. The highest BCUT2D eigenvalue weighted by molar-refractivity contribution is 7.99. The molecule has 0 atom stereocenters. The van der Waals surface area contributed by atoms with Gasteiger partial charge in [-0.1, -0.05) is 35.0 Å². The van der Waals surface area contributed by atoms with Gasteiger partial charge in [-0.3, -0.25) is 10.1 Å². The van der Waals surface area contributed by atoms with Crippen LogP contribution in [-0.2, 0) is 0 Å². The molecule has 4 nitrogen and oxygen atoms in total. The third kappa shape index (κ3) is 3.32. The lowest BCUT2D eigenvalue weighted by Gasteiger charge is -2.06. The maximum Gasteiger partial charge on any atom is 0.284 e. The van der Waals surface area contributed by atoms with Crippen molar-refractivity contribution in [3.05, 3.63) is 56.6 Å². The van der Waals surface area contributed by atoms with E-state index in [9.17, 15) is 10.1 Å². The van der Waals surface area contributed by atoms with Crippen LogP contribution >= 0.6 is 35.0 Å². The largest absolute Gasteiger partial charge is 0.398 e. The Balaban J connectivity index is 2.40. The fourth-order valence-electron chi connectivity index (χ4n) is 1.45. The zero-order chi connectivity index (χ0) is 14.0. The third-order valence-electron chi connectivity index (χ3n) is 2.31. The summed E-state index contributed by atoms with van der Waals surface area (Å²) in [5.74, 6) is 0. The number of halogens is 2. The molecule has 0 aliphatic heterocycles. The van der Waals surface area contributed by atoms with Gasteiger partial charge >= 0.3 is 0 Å². The molecule has 2 aromatic carbocycles. The topological polar surface area (TPSA) is 69.2 Å². The minimum Gasteiger partial charge on any atom is -0.398 e.